The van der Waals surface area contributed by atoms with Gasteiger partial charge >= 0.3 is 0 Å². The van der Waals surface area contributed by atoms with Gasteiger partial charge in [0.1, 0.15) is 0 Å². The molecule has 0 atom stereocenters. The van der Waals surface area contributed by atoms with Crippen molar-refractivity contribution in [3.63, 3.8) is 0 Å². The zero-order valence-electron chi connectivity index (χ0n) is 12.4. The lowest BCUT2D eigenvalue weighted by molar-refractivity contribution is 0.495. The maximum Gasteiger partial charge on any atom is 0.0488 e. The quantitative estimate of drug-likeness (QED) is 0.848. The van der Waals surface area contributed by atoms with Gasteiger partial charge in [-0.2, -0.15) is 0 Å². The molecule has 0 bridgehead atoms. The number of benzene rings is 1. The maximum absolute atomic E-state index is 3.56. The number of hydrogen-bond acceptors (Lipinski definition) is 1. The molecule has 0 saturated carbocycles. The second-order valence-electron chi connectivity index (χ2n) is 6.04. The Morgan fingerprint density at radius 3 is 2.44 bits per heavy atom. The topological polar surface area (TPSA) is 27.8 Å². The van der Waals surface area contributed by atoms with Crippen molar-refractivity contribution in [2.75, 3.05) is 13.6 Å². The summed E-state index contributed by atoms with van der Waals surface area (Å²) in [6.45, 7) is 12.1. The average molecular weight is 244 g/mol. The van der Waals surface area contributed by atoms with E-state index in [9.17, 15) is 0 Å². The summed E-state index contributed by atoms with van der Waals surface area (Å²) in [6, 6.07) is 4.55. The molecule has 98 valence electrons. The highest BCUT2D eigenvalue weighted by molar-refractivity contribution is 5.89. The van der Waals surface area contributed by atoms with Crippen LogP contribution in [0.4, 0.5) is 0 Å². The summed E-state index contributed by atoms with van der Waals surface area (Å²) in [4.78, 5) is 3.56. The fourth-order valence-electron chi connectivity index (χ4n) is 3.19. The molecule has 0 radical (unpaired) electrons. The van der Waals surface area contributed by atoms with E-state index in [1.165, 1.54) is 33.3 Å². The summed E-state index contributed by atoms with van der Waals surface area (Å²) in [5.74, 6) is 0. The van der Waals surface area contributed by atoms with Gasteiger partial charge in [-0.25, -0.2) is 0 Å². The van der Waals surface area contributed by atoms with Crippen molar-refractivity contribution in [2.24, 2.45) is 0 Å². The van der Waals surface area contributed by atoms with Gasteiger partial charge in [0.2, 0.25) is 0 Å². The van der Waals surface area contributed by atoms with E-state index in [1.54, 1.807) is 0 Å². The molecule has 0 saturated heterocycles. The van der Waals surface area contributed by atoms with Crippen LogP contribution in [0.2, 0.25) is 0 Å². The molecule has 18 heavy (non-hydrogen) atoms. The van der Waals surface area contributed by atoms with Gasteiger partial charge < -0.3 is 10.3 Å². The number of aryl methyl sites for hydroxylation is 3. The van der Waals surface area contributed by atoms with E-state index in [4.69, 9.17) is 0 Å². The molecule has 0 aliphatic rings. The SMILES string of the molecule is CNCC(C)(C)c1c(C)[nH]c2c(C)cc(C)cc12. The van der Waals surface area contributed by atoms with E-state index >= 15 is 0 Å². The highest BCUT2D eigenvalue weighted by atomic mass is 14.8. The number of aromatic amines is 1. The minimum atomic E-state index is 0.136. The molecule has 0 aliphatic heterocycles. The third-order valence-corrected chi connectivity index (χ3v) is 3.73. The van der Waals surface area contributed by atoms with Crippen LogP contribution in [0.5, 0.6) is 0 Å². The van der Waals surface area contributed by atoms with Crippen LogP contribution in [0, 0.1) is 20.8 Å². The highest BCUT2D eigenvalue weighted by Crippen LogP contribution is 2.34. The molecule has 1 aromatic carbocycles. The molecule has 2 heteroatoms. The van der Waals surface area contributed by atoms with Crippen LogP contribution in [0.3, 0.4) is 0 Å². The van der Waals surface area contributed by atoms with Crippen LogP contribution < -0.4 is 5.32 Å². The number of aromatic nitrogens is 1. The van der Waals surface area contributed by atoms with Crippen LogP contribution in [0.1, 0.15) is 36.2 Å². The van der Waals surface area contributed by atoms with Crippen molar-refractivity contribution in [3.05, 3.63) is 34.5 Å². The first-order chi connectivity index (χ1) is 8.36. The molecule has 0 spiro atoms. The molecule has 1 heterocycles. The minimum Gasteiger partial charge on any atom is -0.358 e. The van der Waals surface area contributed by atoms with E-state index in [-0.39, 0.29) is 5.41 Å². The second-order valence-corrected chi connectivity index (χ2v) is 6.04. The number of hydrogen-bond donors (Lipinski definition) is 2. The molecule has 2 rings (SSSR count). The molecular weight excluding hydrogens is 220 g/mol. The van der Waals surface area contributed by atoms with Gasteiger partial charge in [0, 0.05) is 28.6 Å². The van der Waals surface area contributed by atoms with Gasteiger partial charge in [0.25, 0.3) is 0 Å². The Morgan fingerprint density at radius 1 is 1.17 bits per heavy atom. The summed E-state index contributed by atoms with van der Waals surface area (Å²) in [5.41, 5.74) is 6.83. The Kier molecular flexibility index (Phi) is 3.24. The fourth-order valence-corrected chi connectivity index (χ4v) is 3.19. The predicted octanol–water partition coefficient (Wildman–Crippen LogP) is 3.59. The van der Waals surface area contributed by atoms with Crippen molar-refractivity contribution in [2.45, 2.75) is 40.0 Å². The summed E-state index contributed by atoms with van der Waals surface area (Å²) in [7, 11) is 2.02. The lowest BCUT2D eigenvalue weighted by Crippen LogP contribution is -2.31. The number of nitrogens with one attached hydrogen (secondary N) is 2. The third kappa shape index (κ3) is 2.05. The van der Waals surface area contributed by atoms with Gasteiger partial charge in [-0.15, -0.1) is 0 Å². The minimum absolute atomic E-state index is 0.136. The number of fused-ring (bicyclic) bond motifs is 1. The smallest absolute Gasteiger partial charge is 0.0488 e. The molecule has 0 aliphatic carbocycles. The second kappa shape index (κ2) is 4.43. The average Bonchev–Trinajstić information content (AvgIpc) is 2.55. The standard InChI is InChI=1S/C16H24N2/c1-10-7-11(2)15-13(8-10)14(12(3)18-15)16(4,5)9-17-6/h7-8,17-18H,9H2,1-6H3. The monoisotopic (exact) mass is 244 g/mol. The molecule has 0 fully saturated rings. The van der Waals surface area contributed by atoms with E-state index in [2.05, 4.69) is 57.1 Å². The van der Waals surface area contributed by atoms with Crippen molar-refractivity contribution < 1.29 is 0 Å². The largest absolute Gasteiger partial charge is 0.358 e. The lowest BCUT2D eigenvalue weighted by Gasteiger charge is -2.25. The van der Waals surface area contributed by atoms with Crippen LogP contribution in [-0.4, -0.2) is 18.6 Å². The maximum atomic E-state index is 3.56. The van der Waals surface area contributed by atoms with E-state index in [1.807, 2.05) is 7.05 Å². The number of likely N-dealkylation sites (N-methyl/N-ethyl adjacent to an activating group) is 1. The Balaban J connectivity index is 2.74. The van der Waals surface area contributed by atoms with Crippen LogP contribution in [0.15, 0.2) is 12.1 Å². The highest BCUT2D eigenvalue weighted by Gasteiger charge is 2.26. The van der Waals surface area contributed by atoms with E-state index in [0.717, 1.165) is 6.54 Å². The summed E-state index contributed by atoms with van der Waals surface area (Å²) >= 11 is 0. The Morgan fingerprint density at radius 2 is 1.83 bits per heavy atom. The lowest BCUT2D eigenvalue weighted by atomic mass is 9.82. The molecule has 1 aromatic heterocycles. The first-order valence-corrected chi connectivity index (χ1v) is 6.61. The third-order valence-electron chi connectivity index (χ3n) is 3.73. The molecule has 0 amide bonds. The van der Waals surface area contributed by atoms with Crippen LogP contribution >= 0.6 is 0 Å². The normalized spacial score (nSPS) is 12.3. The summed E-state index contributed by atoms with van der Waals surface area (Å²) < 4.78 is 0. The van der Waals surface area contributed by atoms with Crippen molar-refractivity contribution in [3.8, 4) is 0 Å². The first-order valence-electron chi connectivity index (χ1n) is 6.61. The molecule has 2 nitrogen and oxygen atoms in total. The Hall–Kier alpha value is -1.28. The van der Waals surface area contributed by atoms with Gasteiger partial charge in [-0.05, 0) is 45.0 Å². The van der Waals surface area contributed by atoms with Gasteiger partial charge in [0.15, 0.2) is 0 Å². The first kappa shape index (κ1) is 13.2. The van der Waals surface area contributed by atoms with Crippen molar-refractivity contribution in [1.29, 1.82) is 0 Å². The van der Waals surface area contributed by atoms with Crippen molar-refractivity contribution in [1.82, 2.24) is 10.3 Å². The zero-order valence-corrected chi connectivity index (χ0v) is 12.4. The number of rotatable bonds is 3. The molecule has 2 aromatic rings. The number of H-pyrrole nitrogens is 1. The summed E-state index contributed by atoms with van der Waals surface area (Å²) in [5, 5.41) is 4.68. The van der Waals surface area contributed by atoms with Crippen molar-refractivity contribution >= 4 is 10.9 Å². The Bertz CT molecular complexity index is 576. The molecule has 2 N–H and O–H groups in total. The van der Waals surface area contributed by atoms with E-state index < -0.39 is 0 Å². The Labute approximate surface area is 110 Å². The van der Waals surface area contributed by atoms with E-state index in [0.29, 0.717) is 0 Å². The van der Waals surface area contributed by atoms with Crippen LogP contribution in [-0.2, 0) is 5.41 Å². The zero-order chi connectivity index (χ0) is 13.5. The molecular formula is C16H24N2. The molecule has 0 unspecified atom stereocenters. The van der Waals surface area contributed by atoms with Crippen LogP contribution in [0.25, 0.3) is 10.9 Å². The fraction of sp³-hybridized carbons (Fsp3) is 0.500. The van der Waals surface area contributed by atoms with Gasteiger partial charge in [-0.3, -0.25) is 0 Å². The predicted molar refractivity (Wildman–Crippen MR) is 79.5 cm³/mol. The summed E-state index contributed by atoms with van der Waals surface area (Å²) in [6.07, 6.45) is 0. The van der Waals surface area contributed by atoms with Gasteiger partial charge in [-0.1, -0.05) is 25.5 Å². The van der Waals surface area contributed by atoms with Gasteiger partial charge in [0.05, 0.1) is 0 Å².